The fraction of sp³-hybridized carbons (Fsp3) is 0.300. The Morgan fingerprint density at radius 3 is 2.93 bits per heavy atom. The summed E-state index contributed by atoms with van der Waals surface area (Å²) in [5.74, 6) is 0.0780. The van der Waals surface area contributed by atoms with Crippen molar-refractivity contribution in [1.82, 2.24) is 0 Å². The zero-order valence-electron chi connectivity index (χ0n) is 7.64. The second-order valence-corrected chi connectivity index (χ2v) is 4.29. The molecule has 0 spiro atoms. The molecule has 0 aromatic heterocycles. The Labute approximate surface area is 90.8 Å². The number of anilines is 2. The minimum Gasteiger partial charge on any atom is -0.399 e. The molecule has 0 saturated heterocycles. The Bertz CT molecular complexity index is 390. The highest BCUT2D eigenvalue weighted by atomic mass is 79.9. The van der Waals surface area contributed by atoms with Crippen LogP contribution in [0.2, 0.25) is 0 Å². The zero-order valence-corrected chi connectivity index (χ0v) is 9.23. The molecule has 0 bridgehead atoms. The van der Waals surface area contributed by atoms with E-state index in [9.17, 15) is 4.79 Å². The van der Waals surface area contributed by atoms with Gasteiger partial charge in [-0.05, 0) is 46.5 Å². The molecule has 14 heavy (non-hydrogen) atoms. The van der Waals surface area contributed by atoms with Crippen LogP contribution in [0.15, 0.2) is 16.6 Å². The van der Waals surface area contributed by atoms with Crippen LogP contribution in [0.3, 0.4) is 0 Å². The van der Waals surface area contributed by atoms with E-state index >= 15 is 0 Å². The van der Waals surface area contributed by atoms with Crippen LogP contribution in [0.4, 0.5) is 11.4 Å². The summed E-state index contributed by atoms with van der Waals surface area (Å²) in [6.07, 6.45) is 2.37. The number of aryl methyl sites for hydroxylation is 1. The van der Waals surface area contributed by atoms with Crippen LogP contribution in [0.1, 0.15) is 18.4 Å². The molecule has 1 amide bonds. The Hall–Kier alpha value is -1.03. The Morgan fingerprint density at radius 1 is 1.36 bits per heavy atom. The molecule has 0 atom stereocenters. The maximum absolute atomic E-state index is 11.3. The van der Waals surface area contributed by atoms with E-state index < -0.39 is 0 Å². The third-order valence-electron chi connectivity index (χ3n) is 2.31. The molecule has 4 heteroatoms. The van der Waals surface area contributed by atoms with Gasteiger partial charge in [0.2, 0.25) is 5.91 Å². The summed E-state index contributed by atoms with van der Waals surface area (Å²) in [5, 5.41) is 2.88. The first kappa shape index (κ1) is 9.52. The number of carbonyl (C=O) groups is 1. The Balaban J connectivity index is 2.50. The van der Waals surface area contributed by atoms with E-state index in [1.165, 1.54) is 0 Å². The van der Waals surface area contributed by atoms with E-state index in [4.69, 9.17) is 5.73 Å². The third kappa shape index (κ3) is 1.75. The maximum atomic E-state index is 11.3. The van der Waals surface area contributed by atoms with Crippen molar-refractivity contribution >= 4 is 33.2 Å². The van der Waals surface area contributed by atoms with E-state index in [-0.39, 0.29) is 5.91 Å². The van der Waals surface area contributed by atoms with Gasteiger partial charge in [-0.1, -0.05) is 0 Å². The van der Waals surface area contributed by atoms with Gasteiger partial charge < -0.3 is 11.1 Å². The molecule has 0 fully saturated rings. The van der Waals surface area contributed by atoms with Crippen molar-refractivity contribution in [2.24, 2.45) is 0 Å². The average molecular weight is 255 g/mol. The lowest BCUT2D eigenvalue weighted by molar-refractivity contribution is -0.116. The fourth-order valence-electron chi connectivity index (χ4n) is 1.67. The molecule has 1 aliphatic rings. The summed E-state index contributed by atoms with van der Waals surface area (Å²) in [6, 6.07) is 3.73. The third-order valence-corrected chi connectivity index (χ3v) is 2.93. The highest BCUT2D eigenvalue weighted by Crippen LogP contribution is 2.32. The number of fused-ring (bicyclic) bond motifs is 1. The van der Waals surface area contributed by atoms with Crippen molar-refractivity contribution in [2.75, 3.05) is 11.1 Å². The minimum atomic E-state index is 0.0780. The lowest BCUT2D eigenvalue weighted by Crippen LogP contribution is -2.09. The molecule has 0 unspecified atom stereocenters. The molecule has 3 nitrogen and oxygen atoms in total. The largest absolute Gasteiger partial charge is 0.399 e. The fourth-order valence-corrected chi connectivity index (χ4v) is 2.28. The average Bonchev–Trinajstić information content (AvgIpc) is 2.27. The molecule has 0 radical (unpaired) electrons. The van der Waals surface area contributed by atoms with Crippen molar-refractivity contribution in [3.05, 3.63) is 22.2 Å². The molecular weight excluding hydrogens is 244 g/mol. The number of nitrogens with two attached hydrogens (primary N) is 1. The topological polar surface area (TPSA) is 55.1 Å². The normalized spacial score (nSPS) is 15.6. The van der Waals surface area contributed by atoms with E-state index in [1.807, 2.05) is 12.1 Å². The molecule has 0 saturated carbocycles. The zero-order chi connectivity index (χ0) is 10.1. The van der Waals surface area contributed by atoms with Gasteiger partial charge in [0, 0.05) is 16.6 Å². The predicted octanol–water partition coefficient (Wildman–Crippen LogP) is 2.31. The lowest BCUT2D eigenvalue weighted by Gasteiger charge is -2.09. The monoisotopic (exact) mass is 254 g/mol. The van der Waals surface area contributed by atoms with Crippen LogP contribution in [-0.4, -0.2) is 5.91 Å². The second kappa shape index (κ2) is 3.61. The van der Waals surface area contributed by atoms with Gasteiger partial charge in [-0.3, -0.25) is 4.79 Å². The van der Waals surface area contributed by atoms with Gasteiger partial charge in [-0.15, -0.1) is 0 Å². The van der Waals surface area contributed by atoms with Crippen molar-refractivity contribution in [3.8, 4) is 0 Å². The second-order valence-electron chi connectivity index (χ2n) is 3.44. The highest BCUT2D eigenvalue weighted by Gasteiger charge is 2.15. The Kier molecular flexibility index (Phi) is 2.46. The molecule has 1 heterocycles. The number of amides is 1. The highest BCUT2D eigenvalue weighted by molar-refractivity contribution is 9.10. The van der Waals surface area contributed by atoms with Crippen LogP contribution in [0.25, 0.3) is 0 Å². The van der Waals surface area contributed by atoms with Gasteiger partial charge in [0.15, 0.2) is 0 Å². The first-order valence-electron chi connectivity index (χ1n) is 4.54. The van der Waals surface area contributed by atoms with Crippen LogP contribution in [0.5, 0.6) is 0 Å². The Morgan fingerprint density at radius 2 is 2.14 bits per heavy atom. The van der Waals surface area contributed by atoms with Gasteiger partial charge in [0.1, 0.15) is 0 Å². The summed E-state index contributed by atoms with van der Waals surface area (Å²) in [7, 11) is 0. The van der Waals surface area contributed by atoms with Crippen LogP contribution < -0.4 is 11.1 Å². The summed E-state index contributed by atoms with van der Waals surface area (Å²) in [6.45, 7) is 0. The van der Waals surface area contributed by atoms with Gasteiger partial charge in [-0.25, -0.2) is 0 Å². The number of nitrogens with one attached hydrogen (secondary N) is 1. The molecule has 0 aliphatic carbocycles. The number of benzene rings is 1. The predicted molar refractivity (Wildman–Crippen MR) is 60.1 cm³/mol. The number of rotatable bonds is 0. The molecule has 1 aliphatic heterocycles. The van der Waals surface area contributed by atoms with Crippen molar-refractivity contribution in [3.63, 3.8) is 0 Å². The number of carbonyl (C=O) groups excluding carboxylic acids is 1. The lowest BCUT2D eigenvalue weighted by atomic mass is 10.1. The molecule has 1 aromatic rings. The quantitative estimate of drug-likeness (QED) is 0.699. The molecule has 1 aromatic carbocycles. The van der Waals surface area contributed by atoms with Crippen molar-refractivity contribution < 1.29 is 4.79 Å². The van der Waals surface area contributed by atoms with Crippen LogP contribution >= 0.6 is 15.9 Å². The first-order valence-corrected chi connectivity index (χ1v) is 5.34. The molecular formula is C10H11BrN2O. The van der Waals surface area contributed by atoms with E-state index in [2.05, 4.69) is 21.2 Å². The van der Waals surface area contributed by atoms with E-state index in [0.717, 1.165) is 34.3 Å². The molecule has 3 N–H and O–H groups in total. The standard InChI is InChI=1S/C10H11BrN2O/c11-8-5-7(12)4-6-2-1-3-9(14)13-10(6)8/h4-5H,1-3,12H2,(H,13,14). The SMILES string of the molecule is Nc1cc(Br)c2c(c1)CCCC(=O)N2. The van der Waals surface area contributed by atoms with Gasteiger partial charge in [0.25, 0.3) is 0 Å². The van der Waals surface area contributed by atoms with Crippen molar-refractivity contribution in [2.45, 2.75) is 19.3 Å². The van der Waals surface area contributed by atoms with E-state index in [1.54, 1.807) is 0 Å². The number of hydrogen-bond donors (Lipinski definition) is 2. The number of hydrogen-bond acceptors (Lipinski definition) is 2. The van der Waals surface area contributed by atoms with Crippen LogP contribution in [-0.2, 0) is 11.2 Å². The maximum Gasteiger partial charge on any atom is 0.224 e. The summed E-state index contributed by atoms with van der Waals surface area (Å²) in [4.78, 5) is 11.3. The number of nitrogen functional groups attached to an aromatic ring is 1. The number of halogens is 1. The van der Waals surface area contributed by atoms with Crippen molar-refractivity contribution in [1.29, 1.82) is 0 Å². The minimum absolute atomic E-state index is 0.0780. The summed E-state index contributed by atoms with van der Waals surface area (Å²) in [5.41, 5.74) is 8.44. The molecule has 74 valence electrons. The van der Waals surface area contributed by atoms with E-state index in [0.29, 0.717) is 6.42 Å². The smallest absolute Gasteiger partial charge is 0.224 e. The molecule has 2 rings (SSSR count). The first-order chi connectivity index (χ1) is 6.66. The van der Waals surface area contributed by atoms with Gasteiger partial charge >= 0.3 is 0 Å². The van der Waals surface area contributed by atoms with Gasteiger partial charge in [-0.2, -0.15) is 0 Å². The van der Waals surface area contributed by atoms with Crippen LogP contribution in [0, 0.1) is 0 Å². The summed E-state index contributed by atoms with van der Waals surface area (Å²) < 4.78 is 0.864. The summed E-state index contributed by atoms with van der Waals surface area (Å²) >= 11 is 3.40. The van der Waals surface area contributed by atoms with Gasteiger partial charge in [0.05, 0.1) is 5.69 Å².